The molecule has 2 aromatic rings. The number of pyridine rings is 1. The monoisotopic (exact) mass is 341 g/mol. The lowest BCUT2D eigenvalue weighted by Gasteiger charge is -2.32. The van der Waals surface area contributed by atoms with Crippen molar-refractivity contribution in [3.8, 4) is 0 Å². The summed E-state index contributed by atoms with van der Waals surface area (Å²) in [4.78, 5) is 22.0. The Kier molecular flexibility index (Phi) is 5.02. The van der Waals surface area contributed by atoms with Crippen LogP contribution in [0.15, 0.2) is 24.5 Å². The summed E-state index contributed by atoms with van der Waals surface area (Å²) >= 11 is 0. The number of carbonyl (C=O) groups is 1. The quantitative estimate of drug-likeness (QED) is 0.924. The molecule has 1 saturated heterocycles. The van der Waals surface area contributed by atoms with Crippen molar-refractivity contribution in [2.24, 2.45) is 0 Å². The maximum absolute atomic E-state index is 12.4. The summed E-state index contributed by atoms with van der Waals surface area (Å²) in [5.74, 6) is 0.658. The molecule has 2 aliphatic rings. The molecule has 0 atom stereocenters. The Bertz CT molecular complexity index is 713. The Labute approximate surface area is 148 Å². The lowest BCUT2D eigenvalue weighted by molar-refractivity contribution is -0.139. The SMILES string of the molecule is O=C(COC1CCCCC1)N1CCC(c2c[nH]c3ncccc23)CC1. The molecule has 4 rings (SSSR count). The lowest BCUT2D eigenvalue weighted by Crippen LogP contribution is -2.40. The van der Waals surface area contributed by atoms with Gasteiger partial charge in [0.2, 0.25) is 5.91 Å². The molecule has 1 N–H and O–H groups in total. The minimum absolute atomic E-state index is 0.157. The summed E-state index contributed by atoms with van der Waals surface area (Å²) in [5, 5.41) is 1.22. The second-order valence-electron chi connectivity index (χ2n) is 7.37. The summed E-state index contributed by atoms with van der Waals surface area (Å²) in [6.07, 6.45) is 12.2. The Balaban J connectivity index is 1.29. The molecule has 1 saturated carbocycles. The standard InChI is InChI=1S/C20H27N3O2/c24-19(14-25-16-5-2-1-3-6-16)23-11-8-15(9-12-23)18-13-22-20-17(18)7-4-10-21-20/h4,7,10,13,15-16H,1-3,5-6,8-9,11-12,14H2,(H,21,22). The smallest absolute Gasteiger partial charge is 0.248 e. The van der Waals surface area contributed by atoms with Gasteiger partial charge in [0, 0.05) is 30.9 Å². The zero-order chi connectivity index (χ0) is 17.1. The molecule has 0 spiro atoms. The molecule has 0 radical (unpaired) electrons. The van der Waals surface area contributed by atoms with Crippen LogP contribution in [0.5, 0.6) is 0 Å². The highest BCUT2D eigenvalue weighted by atomic mass is 16.5. The van der Waals surface area contributed by atoms with Crippen molar-refractivity contribution in [1.82, 2.24) is 14.9 Å². The van der Waals surface area contributed by atoms with Crippen molar-refractivity contribution < 1.29 is 9.53 Å². The molecule has 25 heavy (non-hydrogen) atoms. The second-order valence-corrected chi connectivity index (χ2v) is 7.37. The van der Waals surface area contributed by atoms with E-state index in [1.54, 1.807) is 0 Å². The predicted molar refractivity (Wildman–Crippen MR) is 97.5 cm³/mol. The predicted octanol–water partition coefficient (Wildman–Crippen LogP) is 3.62. The Hall–Kier alpha value is -1.88. The second kappa shape index (κ2) is 7.56. The average Bonchev–Trinajstić information content (AvgIpc) is 3.11. The number of fused-ring (bicyclic) bond motifs is 1. The largest absolute Gasteiger partial charge is 0.368 e. The highest BCUT2D eigenvalue weighted by Crippen LogP contribution is 2.32. The van der Waals surface area contributed by atoms with E-state index < -0.39 is 0 Å². The van der Waals surface area contributed by atoms with Gasteiger partial charge in [-0.1, -0.05) is 19.3 Å². The molecular weight excluding hydrogens is 314 g/mol. The maximum atomic E-state index is 12.4. The number of nitrogens with one attached hydrogen (secondary N) is 1. The number of aromatic amines is 1. The van der Waals surface area contributed by atoms with Gasteiger partial charge in [-0.05, 0) is 49.3 Å². The van der Waals surface area contributed by atoms with Crippen molar-refractivity contribution in [3.05, 3.63) is 30.1 Å². The Morgan fingerprint density at radius 2 is 2.00 bits per heavy atom. The van der Waals surface area contributed by atoms with Gasteiger partial charge in [-0.15, -0.1) is 0 Å². The molecule has 5 nitrogen and oxygen atoms in total. The van der Waals surface area contributed by atoms with E-state index in [1.165, 1.54) is 30.2 Å². The molecule has 0 aromatic carbocycles. The molecule has 0 unspecified atom stereocenters. The molecule has 1 aliphatic heterocycles. The first-order chi connectivity index (χ1) is 12.3. The molecule has 2 fully saturated rings. The molecule has 1 aliphatic carbocycles. The van der Waals surface area contributed by atoms with E-state index in [0.29, 0.717) is 12.0 Å². The van der Waals surface area contributed by atoms with Gasteiger partial charge >= 0.3 is 0 Å². The number of ether oxygens (including phenoxy) is 1. The molecule has 2 aromatic heterocycles. The highest BCUT2D eigenvalue weighted by Gasteiger charge is 2.26. The van der Waals surface area contributed by atoms with Gasteiger partial charge in [0.15, 0.2) is 0 Å². The van der Waals surface area contributed by atoms with E-state index in [9.17, 15) is 4.79 Å². The summed E-state index contributed by atoms with van der Waals surface area (Å²) in [7, 11) is 0. The molecule has 5 heteroatoms. The van der Waals surface area contributed by atoms with E-state index in [1.807, 2.05) is 17.2 Å². The topological polar surface area (TPSA) is 58.2 Å². The summed E-state index contributed by atoms with van der Waals surface area (Å²) in [6.45, 7) is 1.90. The first kappa shape index (κ1) is 16.6. The minimum atomic E-state index is 0.157. The minimum Gasteiger partial charge on any atom is -0.368 e. The number of carbonyl (C=O) groups excluding carboxylic acids is 1. The number of rotatable bonds is 4. The molecule has 3 heterocycles. The summed E-state index contributed by atoms with van der Waals surface area (Å²) in [6, 6.07) is 4.12. The van der Waals surface area contributed by atoms with Gasteiger partial charge in [-0.25, -0.2) is 4.98 Å². The van der Waals surface area contributed by atoms with Gasteiger partial charge < -0.3 is 14.6 Å². The number of likely N-dealkylation sites (tertiary alicyclic amines) is 1. The number of H-pyrrole nitrogens is 1. The molecule has 134 valence electrons. The van der Waals surface area contributed by atoms with E-state index >= 15 is 0 Å². The lowest BCUT2D eigenvalue weighted by atomic mass is 9.89. The van der Waals surface area contributed by atoms with Gasteiger partial charge in [-0.2, -0.15) is 0 Å². The Morgan fingerprint density at radius 1 is 1.20 bits per heavy atom. The fraction of sp³-hybridized carbons (Fsp3) is 0.600. The van der Waals surface area contributed by atoms with Gasteiger partial charge in [-0.3, -0.25) is 4.79 Å². The first-order valence-corrected chi connectivity index (χ1v) is 9.62. The van der Waals surface area contributed by atoms with Crippen molar-refractivity contribution in [3.63, 3.8) is 0 Å². The number of hydrogen-bond acceptors (Lipinski definition) is 3. The maximum Gasteiger partial charge on any atom is 0.248 e. The number of amides is 1. The van der Waals surface area contributed by atoms with Gasteiger partial charge in [0.25, 0.3) is 0 Å². The van der Waals surface area contributed by atoms with E-state index in [0.717, 1.165) is 44.4 Å². The number of nitrogens with zero attached hydrogens (tertiary/aromatic N) is 2. The van der Waals surface area contributed by atoms with Crippen LogP contribution in [-0.2, 0) is 9.53 Å². The van der Waals surface area contributed by atoms with E-state index in [-0.39, 0.29) is 12.5 Å². The van der Waals surface area contributed by atoms with E-state index in [4.69, 9.17) is 4.74 Å². The summed E-state index contributed by atoms with van der Waals surface area (Å²) < 4.78 is 5.85. The van der Waals surface area contributed by atoms with Gasteiger partial charge in [0.05, 0.1) is 6.10 Å². The van der Waals surface area contributed by atoms with Crippen LogP contribution in [0.1, 0.15) is 56.4 Å². The van der Waals surface area contributed by atoms with Crippen LogP contribution in [0.3, 0.4) is 0 Å². The Morgan fingerprint density at radius 3 is 2.80 bits per heavy atom. The third-order valence-electron chi connectivity index (χ3n) is 5.77. The molecule has 1 amide bonds. The van der Waals surface area contributed by atoms with Gasteiger partial charge in [0.1, 0.15) is 12.3 Å². The number of aromatic nitrogens is 2. The van der Waals surface area contributed by atoms with Crippen LogP contribution < -0.4 is 0 Å². The van der Waals surface area contributed by atoms with Crippen molar-refractivity contribution >= 4 is 16.9 Å². The summed E-state index contributed by atoms with van der Waals surface area (Å²) in [5.41, 5.74) is 2.30. The fourth-order valence-corrected chi connectivity index (χ4v) is 4.27. The van der Waals surface area contributed by atoms with Crippen LogP contribution in [0.25, 0.3) is 11.0 Å². The van der Waals surface area contributed by atoms with Crippen LogP contribution in [0.4, 0.5) is 0 Å². The third-order valence-corrected chi connectivity index (χ3v) is 5.77. The van der Waals surface area contributed by atoms with Crippen LogP contribution in [-0.4, -0.2) is 46.6 Å². The first-order valence-electron chi connectivity index (χ1n) is 9.62. The number of piperidine rings is 1. The third kappa shape index (κ3) is 3.71. The van der Waals surface area contributed by atoms with Crippen LogP contribution in [0, 0.1) is 0 Å². The zero-order valence-electron chi connectivity index (χ0n) is 14.7. The van der Waals surface area contributed by atoms with Crippen molar-refractivity contribution in [2.75, 3.05) is 19.7 Å². The van der Waals surface area contributed by atoms with Crippen LogP contribution in [0.2, 0.25) is 0 Å². The van der Waals surface area contributed by atoms with Crippen molar-refractivity contribution in [2.45, 2.75) is 57.0 Å². The average molecular weight is 341 g/mol. The molecule has 0 bridgehead atoms. The van der Waals surface area contributed by atoms with Crippen LogP contribution >= 0.6 is 0 Å². The highest BCUT2D eigenvalue weighted by molar-refractivity contribution is 5.80. The molecular formula is C20H27N3O2. The normalized spacial score (nSPS) is 20.2. The number of hydrogen-bond donors (Lipinski definition) is 1. The van der Waals surface area contributed by atoms with Crippen molar-refractivity contribution in [1.29, 1.82) is 0 Å². The zero-order valence-corrected chi connectivity index (χ0v) is 14.7. The fourth-order valence-electron chi connectivity index (χ4n) is 4.27. The van der Waals surface area contributed by atoms with E-state index in [2.05, 4.69) is 22.2 Å².